The molecule has 1 aliphatic heterocycles. The van der Waals surface area contributed by atoms with Crippen molar-refractivity contribution in [1.82, 2.24) is 15.1 Å². The molecule has 0 unspecified atom stereocenters. The number of sulfone groups is 1. The fraction of sp³-hybridized carbons (Fsp3) is 0.421. The van der Waals surface area contributed by atoms with Gasteiger partial charge in [-0.3, -0.25) is 4.79 Å². The predicted octanol–water partition coefficient (Wildman–Crippen LogP) is 1.34. The highest BCUT2D eigenvalue weighted by Crippen LogP contribution is 2.19. The van der Waals surface area contributed by atoms with E-state index in [2.05, 4.69) is 10.4 Å². The monoisotopic (exact) mass is 405 g/mol. The number of carbonyl (C=O) groups is 2. The van der Waals surface area contributed by atoms with Gasteiger partial charge in [-0.15, -0.1) is 0 Å². The molecule has 0 saturated carbocycles. The van der Waals surface area contributed by atoms with Crippen molar-refractivity contribution in [2.75, 3.05) is 11.5 Å². The highest BCUT2D eigenvalue weighted by Gasteiger charge is 2.31. The van der Waals surface area contributed by atoms with Gasteiger partial charge in [0.1, 0.15) is 5.56 Å². The second-order valence-electron chi connectivity index (χ2n) is 6.95. The Morgan fingerprint density at radius 1 is 1.25 bits per heavy atom. The number of aromatic nitrogens is 2. The minimum atomic E-state index is -3.10. The zero-order valence-electron chi connectivity index (χ0n) is 16.0. The first-order chi connectivity index (χ1) is 13.2. The van der Waals surface area contributed by atoms with Crippen molar-refractivity contribution in [2.24, 2.45) is 0 Å². The molecule has 8 nitrogen and oxygen atoms in total. The van der Waals surface area contributed by atoms with Gasteiger partial charge in [0.05, 0.1) is 28.6 Å². The summed E-state index contributed by atoms with van der Waals surface area (Å²) in [5.41, 5.74) is 2.24. The number of nitrogens with zero attached hydrogens (tertiary/aromatic N) is 2. The largest absolute Gasteiger partial charge is 0.449 e. The Balaban J connectivity index is 1.69. The molecule has 0 aliphatic carbocycles. The Morgan fingerprint density at radius 2 is 1.93 bits per heavy atom. The summed E-state index contributed by atoms with van der Waals surface area (Å²) in [7, 11) is -3.10. The number of carbonyl (C=O) groups excluding carboxylic acids is 2. The van der Waals surface area contributed by atoms with E-state index in [1.165, 1.54) is 6.92 Å². The van der Waals surface area contributed by atoms with Crippen molar-refractivity contribution in [3.8, 4) is 5.69 Å². The summed E-state index contributed by atoms with van der Waals surface area (Å²) in [6.45, 7) is 4.93. The van der Waals surface area contributed by atoms with Crippen LogP contribution in [0, 0.1) is 13.8 Å². The van der Waals surface area contributed by atoms with Crippen LogP contribution in [0.4, 0.5) is 0 Å². The van der Waals surface area contributed by atoms with Crippen molar-refractivity contribution >= 4 is 21.7 Å². The minimum Gasteiger partial charge on any atom is -0.449 e. The molecule has 28 heavy (non-hydrogen) atoms. The van der Waals surface area contributed by atoms with Gasteiger partial charge in [-0.05, 0) is 39.3 Å². The lowest BCUT2D eigenvalue weighted by molar-refractivity contribution is -0.129. The molecule has 0 spiro atoms. The maximum atomic E-state index is 12.6. The van der Waals surface area contributed by atoms with E-state index in [-0.39, 0.29) is 11.5 Å². The molecular formula is C19H23N3O5S. The van der Waals surface area contributed by atoms with E-state index in [9.17, 15) is 18.0 Å². The molecule has 1 aromatic carbocycles. The average molecular weight is 405 g/mol. The number of amides is 1. The van der Waals surface area contributed by atoms with Gasteiger partial charge >= 0.3 is 5.97 Å². The van der Waals surface area contributed by atoms with Crippen molar-refractivity contribution in [1.29, 1.82) is 0 Å². The van der Waals surface area contributed by atoms with Crippen LogP contribution in [0.15, 0.2) is 30.3 Å². The highest BCUT2D eigenvalue weighted by atomic mass is 32.2. The number of rotatable bonds is 5. The van der Waals surface area contributed by atoms with E-state index in [0.717, 1.165) is 5.69 Å². The van der Waals surface area contributed by atoms with Crippen LogP contribution < -0.4 is 5.32 Å². The van der Waals surface area contributed by atoms with E-state index in [1.807, 2.05) is 30.3 Å². The standard InChI is InChI=1S/C19H23N3O5S/c1-12-17(13(2)22(21-12)16-7-5-4-6-8-16)19(24)27-14(3)18(23)20-15-9-10-28(25,26)11-15/h4-8,14-15H,9-11H2,1-3H3,(H,20,23)/t14-,15-/m1/s1. The zero-order valence-corrected chi connectivity index (χ0v) is 16.8. The number of benzene rings is 1. The van der Waals surface area contributed by atoms with Crippen LogP contribution in [0.25, 0.3) is 5.69 Å². The van der Waals surface area contributed by atoms with Gasteiger partial charge in [-0.1, -0.05) is 18.2 Å². The highest BCUT2D eigenvalue weighted by molar-refractivity contribution is 7.91. The number of nitrogens with one attached hydrogen (secondary N) is 1. The van der Waals surface area contributed by atoms with E-state index in [1.54, 1.807) is 18.5 Å². The van der Waals surface area contributed by atoms with E-state index >= 15 is 0 Å². The topological polar surface area (TPSA) is 107 Å². The predicted molar refractivity (Wildman–Crippen MR) is 103 cm³/mol. The number of esters is 1. The number of para-hydroxylation sites is 1. The van der Waals surface area contributed by atoms with Crippen molar-refractivity contribution in [2.45, 2.75) is 39.3 Å². The Kier molecular flexibility index (Phi) is 5.55. The Hall–Kier alpha value is -2.68. The molecule has 1 N–H and O–H groups in total. The van der Waals surface area contributed by atoms with E-state index in [0.29, 0.717) is 23.4 Å². The van der Waals surface area contributed by atoms with Gasteiger partial charge in [-0.2, -0.15) is 5.10 Å². The Labute approximate surface area is 163 Å². The molecule has 0 radical (unpaired) electrons. The quantitative estimate of drug-likeness (QED) is 0.752. The third kappa shape index (κ3) is 4.24. The van der Waals surface area contributed by atoms with Crippen molar-refractivity contribution < 1.29 is 22.7 Å². The number of aryl methyl sites for hydroxylation is 1. The van der Waals surface area contributed by atoms with Gasteiger partial charge in [0, 0.05) is 6.04 Å². The lowest BCUT2D eigenvalue weighted by Gasteiger charge is -2.16. The lowest BCUT2D eigenvalue weighted by atomic mass is 10.2. The number of hydrogen-bond donors (Lipinski definition) is 1. The van der Waals surface area contributed by atoms with Gasteiger partial charge in [0.25, 0.3) is 5.91 Å². The van der Waals surface area contributed by atoms with Gasteiger partial charge in [0.2, 0.25) is 0 Å². The molecule has 1 aromatic heterocycles. The summed E-state index contributed by atoms with van der Waals surface area (Å²) in [6.07, 6.45) is -0.675. The van der Waals surface area contributed by atoms with Crippen molar-refractivity contribution in [3.63, 3.8) is 0 Å². The van der Waals surface area contributed by atoms with Crippen LogP contribution in [0.5, 0.6) is 0 Å². The molecule has 2 aromatic rings. The molecule has 2 heterocycles. The Morgan fingerprint density at radius 3 is 2.54 bits per heavy atom. The summed E-state index contributed by atoms with van der Waals surface area (Å²) in [5.74, 6) is -1.18. The number of hydrogen-bond acceptors (Lipinski definition) is 6. The van der Waals surface area contributed by atoms with Gasteiger partial charge in [-0.25, -0.2) is 17.9 Å². The molecule has 0 bridgehead atoms. The molecular weight excluding hydrogens is 382 g/mol. The second-order valence-corrected chi connectivity index (χ2v) is 9.18. The van der Waals surface area contributed by atoms with E-state index < -0.39 is 33.9 Å². The fourth-order valence-corrected chi connectivity index (χ4v) is 4.93. The smallest absolute Gasteiger partial charge is 0.342 e. The fourth-order valence-electron chi connectivity index (χ4n) is 3.26. The molecule has 2 atom stereocenters. The van der Waals surface area contributed by atoms with Gasteiger partial charge < -0.3 is 10.1 Å². The van der Waals surface area contributed by atoms with Crippen LogP contribution in [0.2, 0.25) is 0 Å². The summed E-state index contributed by atoms with van der Waals surface area (Å²) < 4.78 is 30.0. The van der Waals surface area contributed by atoms with Crippen LogP contribution in [0.1, 0.15) is 35.1 Å². The molecule has 1 amide bonds. The first-order valence-corrected chi connectivity index (χ1v) is 10.8. The molecule has 150 valence electrons. The maximum Gasteiger partial charge on any atom is 0.342 e. The van der Waals surface area contributed by atoms with Crippen LogP contribution >= 0.6 is 0 Å². The third-order valence-corrected chi connectivity index (χ3v) is 6.50. The van der Waals surface area contributed by atoms with E-state index in [4.69, 9.17) is 4.74 Å². The first-order valence-electron chi connectivity index (χ1n) is 9.01. The molecule has 1 fully saturated rings. The maximum absolute atomic E-state index is 12.6. The van der Waals surface area contributed by atoms with Crippen LogP contribution in [0.3, 0.4) is 0 Å². The number of ether oxygens (including phenoxy) is 1. The summed E-state index contributed by atoms with van der Waals surface area (Å²) >= 11 is 0. The lowest BCUT2D eigenvalue weighted by Crippen LogP contribution is -2.42. The molecule has 1 saturated heterocycles. The minimum absolute atomic E-state index is 0.0587. The second kappa shape index (κ2) is 7.75. The summed E-state index contributed by atoms with van der Waals surface area (Å²) in [4.78, 5) is 24.9. The average Bonchev–Trinajstić information content (AvgIpc) is 3.13. The first kappa shape index (κ1) is 20.1. The normalized spacial score (nSPS) is 19.2. The zero-order chi connectivity index (χ0) is 20.5. The molecule has 9 heteroatoms. The van der Waals surface area contributed by atoms with Gasteiger partial charge in [0.15, 0.2) is 15.9 Å². The third-order valence-electron chi connectivity index (χ3n) is 4.73. The molecule has 3 rings (SSSR count). The summed E-state index contributed by atoms with van der Waals surface area (Å²) in [5, 5.41) is 7.04. The van der Waals surface area contributed by atoms with Crippen LogP contribution in [-0.2, 0) is 19.4 Å². The Bertz CT molecular complexity index is 998. The van der Waals surface area contributed by atoms with Crippen LogP contribution in [-0.4, -0.2) is 53.7 Å². The van der Waals surface area contributed by atoms with Crippen molar-refractivity contribution in [3.05, 3.63) is 47.3 Å². The molecule has 1 aliphatic rings. The summed E-state index contributed by atoms with van der Waals surface area (Å²) in [6, 6.07) is 8.95. The SMILES string of the molecule is Cc1nn(-c2ccccc2)c(C)c1C(=O)O[C@H](C)C(=O)N[C@@H]1CCS(=O)(=O)C1.